The maximum atomic E-state index is 4.82. The molecule has 0 fully saturated rings. The van der Waals surface area contributed by atoms with Gasteiger partial charge in [-0.2, -0.15) is 0 Å². The molecule has 0 aliphatic carbocycles. The van der Waals surface area contributed by atoms with Gasteiger partial charge in [0, 0.05) is 17.1 Å². The van der Waals surface area contributed by atoms with E-state index >= 15 is 0 Å². The highest BCUT2D eigenvalue weighted by atomic mass is 15.1. The summed E-state index contributed by atoms with van der Waals surface area (Å²) in [6.45, 7) is 4.41. The average molecular weight is 263 g/mol. The van der Waals surface area contributed by atoms with Crippen molar-refractivity contribution in [3.63, 3.8) is 0 Å². The first-order valence-corrected chi connectivity index (χ1v) is 7.22. The number of hydrogen-bond acceptors (Lipinski definition) is 1. The number of para-hydroxylation sites is 1. The zero-order valence-corrected chi connectivity index (χ0v) is 11.8. The number of nitrogens with zero attached hydrogens (tertiary/aromatic N) is 2. The molecule has 3 heterocycles. The Morgan fingerprint density at radius 1 is 1.10 bits per heavy atom. The molecule has 1 aromatic carbocycles. The lowest BCUT2D eigenvalue weighted by molar-refractivity contribution is 1.00. The number of benzene rings is 1. The number of nitrogens with one attached hydrogen (secondary N) is 1. The van der Waals surface area contributed by atoms with Crippen LogP contribution < -0.4 is 0 Å². The van der Waals surface area contributed by atoms with Gasteiger partial charge in [0.1, 0.15) is 16.8 Å². The van der Waals surface area contributed by atoms with E-state index in [-0.39, 0.29) is 0 Å². The molecule has 0 radical (unpaired) electrons. The zero-order chi connectivity index (χ0) is 13.7. The molecule has 20 heavy (non-hydrogen) atoms. The Hall–Kier alpha value is -2.29. The van der Waals surface area contributed by atoms with Gasteiger partial charge in [0.2, 0.25) is 0 Å². The van der Waals surface area contributed by atoms with E-state index in [0.29, 0.717) is 0 Å². The van der Waals surface area contributed by atoms with Crippen molar-refractivity contribution in [3.8, 4) is 0 Å². The topological polar surface area (TPSA) is 33.1 Å². The highest BCUT2D eigenvalue weighted by Gasteiger charge is 2.12. The normalized spacial score (nSPS) is 11.9. The van der Waals surface area contributed by atoms with Crippen LogP contribution in [0.4, 0.5) is 0 Å². The van der Waals surface area contributed by atoms with Gasteiger partial charge in [-0.1, -0.05) is 32.0 Å². The number of pyridine rings is 1. The van der Waals surface area contributed by atoms with Crippen molar-refractivity contribution < 1.29 is 0 Å². The van der Waals surface area contributed by atoms with Gasteiger partial charge in [0.25, 0.3) is 0 Å². The second-order valence-corrected chi connectivity index (χ2v) is 5.24. The molecule has 0 bridgehead atoms. The smallest absolute Gasteiger partial charge is 0.143 e. The lowest BCUT2D eigenvalue weighted by atomic mass is 10.1. The summed E-state index contributed by atoms with van der Waals surface area (Å²) in [5, 5.41) is 1.20. The molecule has 0 amide bonds. The Morgan fingerprint density at radius 2 is 1.90 bits per heavy atom. The largest absolute Gasteiger partial charge is 0.339 e. The molecule has 0 saturated heterocycles. The number of imidazole rings is 1. The van der Waals surface area contributed by atoms with Crippen molar-refractivity contribution in [2.45, 2.75) is 26.7 Å². The summed E-state index contributed by atoms with van der Waals surface area (Å²) in [7, 11) is 0. The van der Waals surface area contributed by atoms with Gasteiger partial charge >= 0.3 is 0 Å². The first-order valence-electron chi connectivity index (χ1n) is 7.22. The maximum Gasteiger partial charge on any atom is 0.143 e. The first kappa shape index (κ1) is 11.5. The van der Waals surface area contributed by atoms with Crippen molar-refractivity contribution in [3.05, 3.63) is 47.7 Å². The van der Waals surface area contributed by atoms with Gasteiger partial charge in [0.05, 0.1) is 0 Å². The first-order chi connectivity index (χ1) is 9.81. The summed E-state index contributed by atoms with van der Waals surface area (Å²) in [4.78, 5) is 8.31. The van der Waals surface area contributed by atoms with Crippen LogP contribution in [0.3, 0.4) is 0 Å². The van der Waals surface area contributed by atoms with Crippen LogP contribution >= 0.6 is 0 Å². The monoisotopic (exact) mass is 263 g/mol. The Morgan fingerprint density at radius 3 is 2.70 bits per heavy atom. The fourth-order valence-corrected chi connectivity index (χ4v) is 3.05. The van der Waals surface area contributed by atoms with Crippen LogP contribution in [0.15, 0.2) is 36.5 Å². The third-order valence-corrected chi connectivity index (χ3v) is 4.14. The molecule has 0 spiro atoms. The van der Waals surface area contributed by atoms with Crippen LogP contribution in [0, 0.1) is 0 Å². The van der Waals surface area contributed by atoms with Crippen LogP contribution in [-0.2, 0) is 12.8 Å². The number of aromatic amines is 1. The molecule has 0 aliphatic rings. The Labute approximate surface area is 117 Å². The Balaban J connectivity index is 2.16. The SMILES string of the molecule is CCc1cc2nc3c4ccccc4[nH]c3n2cc1CC. The summed E-state index contributed by atoms with van der Waals surface area (Å²) in [6.07, 6.45) is 4.35. The number of hydrogen-bond donors (Lipinski definition) is 1. The van der Waals surface area contributed by atoms with Crippen molar-refractivity contribution in [1.29, 1.82) is 0 Å². The fraction of sp³-hybridized carbons (Fsp3) is 0.235. The molecule has 0 unspecified atom stereocenters. The third kappa shape index (κ3) is 1.43. The van der Waals surface area contributed by atoms with Crippen LogP contribution in [0.2, 0.25) is 0 Å². The van der Waals surface area contributed by atoms with Crippen molar-refractivity contribution >= 4 is 27.7 Å². The van der Waals surface area contributed by atoms with Gasteiger partial charge in [-0.3, -0.25) is 4.40 Å². The minimum absolute atomic E-state index is 1.03. The quantitative estimate of drug-likeness (QED) is 0.580. The van der Waals surface area contributed by atoms with Gasteiger partial charge in [-0.15, -0.1) is 0 Å². The van der Waals surface area contributed by atoms with E-state index < -0.39 is 0 Å². The molecule has 4 aromatic rings. The molecule has 4 rings (SSSR count). The number of rotatable bonds is 2. The minimum atomic E-state index is 1.03. The van der Waals surface area contributed by atoms with E-state index in [9.17, 15) is 0 Å². The highest BCUT2D eigenvalue weighted by Crippen LogP contribution is 2.27. The van der Waals surface area contributed by atoms with E-state index in [2.05, 4.69) is 59.8 Å². The van der Waals surface area contributed by atoms with Gasteiger partial charge in [-0.05, 0) is 36.1 Å². The number of H-pyrrole nitrogens is 1. The second-order valence-electron chi connectivity index (χ2n) is 5.24. The van der Waals surface area contributed by atoms with E-state index in [1.54, 1.807) is 0 Å². The molecule has 0 aliphatic heterocycles. The summed E-state index contributed by atoms with van der Waals surface area (Å²) in [5.41, 5.74) is 7.15. The predicted molar refractivity (Wildman–Crippen MR) is 83.3 cm³/mol. The van der Waals surface area contributed by atoms with E-state index in [4.69, 9.17) is 4.98 Å². The molecule has 3 aromatic heterocycles. The number of aromatic nitrogens is 3. The fourth-order valence-electron chi connectivity index (χ4n) is 3.05. The van der Waals surface area contributed by atoms with Gasteiger partial charge in [-0.25, -0.2) is 4.98 Å². The van der Waals surface area contributed by atoms with Crippen LogP contribution in [0.1, 0.15) is 25.0 Å². The molecule has 0 atom stereocenters. The number of aryl methyl sites for hydroxylation is 2. The molecular weight excluding hydrogens is 246 g/mol. The summed E-state index contributed by atoms with van der Waals surface area (Å²) >= 11 is 0. The Kier molecular flexibility index (Phi) is 2.36. The van der Waals surface area contributed by atoms with E-state index in [1.807, 2.05) is 0 Å². The average Bonchev–Trinajstić information content (AvgIpc) is 3.01. The van der Waals surface area contributed by atoms with Crippen LogP contribution in [-0.4, -0.2) is 14.4 Å². The molecule has 0 saturated carbocycles. The standard InChI is InChI=1S/C17H17N3/c1-3-11-9-15-19-16-13-7-5-6-8-14(13)18-17(16)20(15)10-12(11)4-2/h5-10,18H,3-4H2,1-2H3. The Bertz CT molecular complexity index is 928. The van der Waals surface area contributed by atoms with Gasteiger partial charge in [0.15, 0.2) is 0 Å². The number of fused-ring (bicyclic) bond motifs is 5. The maximum absolute atomic E-state index is 4.82. The highest BCUT2D eigenvalue weighted by molar-refractivity contribution is 6.05. The van der Waals surface area contributed by atoms with Crippen LogP contribution in [0.25, 0.3) is 27.7 Å². The zero-order valence-electron chi connectivity index (χ0n) is 11.8. The molecular formula is C17H17N3. The van der Waals surface area contributed by atoms with Gasteiger partial charge < -0.3 is 4.98 Å². The molecule has 1 N–H and O–H groups in total. The van der Waals surface area contributed by atoms with Crippen molar-refractivity contribution in [2.75, 3.05) is 0 Å². The molecule has 3 nitrogen and oxygen atoms in total. The predicted octanol–water partition coefficient (Wildman–Crippen LogP) is 4.09. The van der Waals surface area contributed by atoms with Crippen LogP contribution in [0.5, 0.6) is 0 Å². The molecule has 3 heteroatoms. The molecule has 100 valence electrons. The van der Waals surface area contributed by atoms with E-state index in [1.165, 1.54) is 16.5 Å². The second kappa shape index (κ2) is 4.10. The lowest BCUT2D eigenvalue weighted by Crippen LogP contribution is -1.96. The lowest BCUT2D eigenvalue weighted by Gasteiger charge is -2.06. The minimum Gasteiger partial charge on any atom is -0.339 e. The third-order valence-electron chi connectivity index (χ3n) is 4.14. The van der Waals surface area contributed by atoms with Crippen molar-refractivity contribution in [2.24, 2.45) is 0 Å². The van der Waals surface area contributed by atoms with E-state index in [0.717, 1.165) is 35.2 Å². The summed E-state index contributed by atoms with van der Waals surface area (Å²) in [6, 6.07) is 10.6. The van der Waals surface area contributed by atoms with Crippen molar-refractivity contribution in [1.82, 2.24) is 14.4 Å². The summed E-state index contributed by atoms with van der Waals surface area (Å²) < 4.78 is 2.19. The summed E-state index contributed by atoms with van der Waals surface area (Å²) in [5.74, 6) is 0.